The van der Waals surface area contributed by atoms with E-state index >= 15 is 0 Å². The highest BCUT2D eigenvalue weighted by Crippen LogP contribution is 2.34. The second-order valence-corrected chi connectivity index (χ2v) is 3.11. The van der Waals surface area contributed by atoms with Crippen LogP contribution >= 0.6 is 0 Å². The highest BCUT2D eigenvalue weighted by atomic mass is 16.4. The highest BCUT2D eigenvalue weighted by Gasteiger charge is 2.47. The van der Waals surface area contributed by atoms with Gasteiger partial charge < -0.3 is 5.11 Å². The van der Waals surface area contributed by atoms with Gasteiger partial charge in [-0.25, -0.2) is 4.79 Å². The molecular weight excluding hydrogens is 146 g/mol. The third-order valence-corrected chi connectivity index (χ3v) is 2.53. The van der Waals surface area contributed by atoms with Crippen molar-refractivity contribution in [2.24, 2.45) is 0 Å². The Balaban J connectivity index is 2.25. The van der Waals surface area contributed by atoms with Crippen LogP contribution in [0.25, 0.3) is 0 Å². The van der Waals surface area contributed by atoms with Crippen molar-refractivity contribution < 1.29 is 14.7 Å². The van der Waals surface area contributed by atoms with Gasteiger partial charge >= 0.3 is 6.09 Å². The molecule has 0 aromatic rings. The Bertz CT molecular complexity index is 226. The van der Waals surface area contributed by atoms with Gasteiger partial charge in [-0.1, -0.05) is 0 Å². The van der Waals surface area contributed by atoms with E-state index in [4.69, 9.17) is 5.11 Å². The fourth-order valence-electron chi connectivity index (χ4n) is 2.06. The number of rotatable bonds is 0. The second kappa shape index (κ2) is 1.96. The van der Waals surface area contributed by atoms with E-state index in [1.54, 1.807) is 0 Å². The van der Waals surface area contributed by atoms with Crippen LogP contribution in [-0.4, -0.2) is 34.0 Å². The number of carboxylic acid groups (broad SMARTS) is 1. The summed E-state index contributed by atoms with van der Waals surface area (Å²) >= 11 is 0. The van der Waals surface area contributed by atoms with E-state index in [2.05, 4.69) is 0 Å². The number of ketones is 1. The molecule has 2 atom stereocenters. The Morgan fingerprint density at radius 2 is 2.27 bits per heavy atom. The summed E-state index contributed by atoms with van der Waals surface area (Å²) in [4.78, 5) is 22.9. The van der Waals surface area contributed by atoms with E-state index < -0.39 is 6.09 Å². The molecular formula is C7H9NO3. The monoisotopic (exact) mass is 155 g/mol. The summed E-state index contributed by atoms with van der Waals surface area (Å²) in [5.74, 6) is 0.101. The molecule has 1 N–H and O–H groups in total. The number of amides is 1. The molecule has 0 aliphatic carbocycles. The van der Waals surface area contributed by atoms with Crippen molar-refractivity contribution in [1.29, 1.82) is 0 Å². The molecule has 2 aliphatic rings. The standard InChI is InChI=1S/C7H9NO3/c9-6-3-4-1-2-5(6)8(4)7(10)11/h4-5H,1-3H2,(H,10,11)/t4-,5+/m1/s1. The Morgan fingerprint density at radius 3 is 2.55 bits per heavy atom. The molecule has 2 saturated heterocycles. The molecule has 0 radical (unpaired) electrons. The number of nitrogens with zero attached hydrogens (tertiary/aromatic N) is 1. The van der Waals surface area contributed by atoms with Crippen LogP contribution in [0, 0.1) is 0 Å². The Morgan fingerprint density at radius 1 is 1.55 bits per heavy atom. The van der Waals surface area contributed by atoms with Crippen molar-refractivity contribution >= 4 is 11.9 Å². The van der Waals surface area contributed by atoms with E-state index in [1.807, 2.05) is 0 Å². The second-order valence-electron chi connectivity index (χ2n) is 3.11. The molecule has 2 fully saturated rings. The molecule has 0 saturated carbocycles. The summed E-state index contributed by atoms with van der Waals surface area (Å²) in [7, 11) is 0. The molecule has 60 valence electrons. The van der Waals surface area contributed by atoms with Gasteiger partial charge in [-0.2, -0.15) is 0 Å². The first-order valence-electron chi connectivity index (χ1n) is 3.74. The molecule has 2 aliphatic heterocycles. The molecule has 11 heavy (non-hydrogen) atoms. The first kappa shape index (κ1) is 6.64. The molecule has 0 aromatic heterocycles. The first-order chi connectivity index (χ1) is 5.20. The zero-order chi connectivity index (χ0) is 8.01. The summed E-state index contributed by atoms with van der Waals surface area (Å²) in [6.45, 7) is 0. The minimum atomic E-state index is -0.941. The molecule has 2 rings (SSSR count). The summed E-state index contributed by atoms with van der Waals surface area (Å²) in [5, 5.41) is 8.69. The van der Waals surface area contributed by atoms with Gasteiger partial charge in [0, 0.05) is 12.5 Å². The van der Waals surface area contributed by atoms with Gasteiger partial charge in [0.25, 0.3) is 0 Å². The quantitative estimate of drug-likeness (QED) is 0.553. The number of Topliss-reactive ketones (excluding diaryl/α,β-unsaturated/α-hetero) is 1. The average molecular weight is 155 g/mol. The smallest absolute Gasteiger partial charge is 0.408 e. The normalized spacial score (nSPS) is 34.9. The van der Waals surface area contributed by atoms with Gasteiger partial charge in [-0.15, -0.1) is 0 Å². The van der Waals surface area contributed by atoms with Gasteiger partial charge in [0.1, 0.15) is 0 Å². The van der Waals surface area contributed by atoms with E-state index in [0.717, 1.165) is 12.8 Å². The third-order valence-electron chi connectivity index (χ3n) is 2.53. The summed E-state index contributed by atoms with van der Waals surface area (Å²) in [5.41, 5.74) is 0. The Hall–Kier alpha value is -1.06. The number of carbonyl (C=O) groups is 2. The lowest BCUT2D eigenvalue weighted by Crippen LogP contribution is -2.35. The molecule has 2 heterocycles. The predicted molar refractivity (Wildman–Crippen MR) is 36.3 cm³/mol. The molecule has 0 aromatic carbocycles. The maximum Gasteiger partial charge on any atom is 0.408 e. The van der Waals surface area contributed by atoms with Crippen molar-refractivity contribution in [2.75, 3.05) is 0 Å². The Labute approximate surface area is 63.8 Å². The summed E-state index contributed by atoms with van der Waals surface area (Å²) < 4.78 is 0. The van der Waals surface area contributed by atoms with Crippen molar-refractivity contribution in [3.8, 4) is 0 Å². The topological polar surface area (TPSA) is 57.6 Å². The number of hydrogen-bond donors (Lipinski definition) is 1. The predicted octanol–water partition coefficient (Wildman–Crippen LogP) is 0.470. The highest BCUT2D eigenvalue weighted by molar-refractivity contribution is 5.92. The van der Waals surface area contributed by atoms with Crippen molar-refractivity contribution in [1.82, 2.24) is 4.90 Å². The van der Waals surface area contributed by atoms with Gasteiger partial charge in [0.15, 0.2) is 5.78 Å². The average Bonchev–Trinajstić information content (AvgIpc) is 2.41. The van der Waals surface area contributed by atoms with Crippen LogP contribution in [0.4, 0.5) is 4.79 Å². The SMILES string of the molecule is O=C1C[C@H]2CC[C@@H]1N2C(=O)O. The van der Waals surface area contributed by atoms with E-state index in [9.17, 15) is 9.59 Å². The van der Waals surface area contributed by atoms with E-state index in [-0.39, 0.29) is 17.9 Å². The molecule has 0 spiro atoms. The zero-order valence-electron chi connectivity index (χ0n) is 5.99. The van der Waals surface area contributed by atoms with Crippen molar-refractivity contribution in [3.05, 3.63) is 0 Å². The van der Waals surface area contributed by atoms with E-state index in [1.165, 1.54) is 4.90 Å². The zero-order valence-corrected chi connectivity index (χ0v) is 5.99. The van der Waals surface area contributed by atoms with Gasteiger partial charge in [0.2, 0.25) is 0 Å². The number of fused-ring (bicyclic) bond motifs is 2. The molecule has 0 unspecified atom stereocenters. The minimum Gasteiger partial charge on any atom is -0.465 e. The number of carbonyl (C=O) groups excluding carboxylic acids is 1. The maximum atomic E-state index is 11.0. The van der Waals surface area contributed by atoms with E-state index in [0.29, 0.717) is 6.42 Å². The fraction of sp³-hybridized carbons (Fsp3) is 0.714. The van der Waals surface area contributed by atoms with Crippen LogP contribution in [0.5, 0.6) is 0 Å². The largest absolute Gasteiger partial charge is 0.465 e. The van der Waals surface area contributed by atoms with Crippen LogP contribution in [0.3, 0.4) is 0 Å². The Kier molecular flexibility index (Phi) is 1.19. The first-order valence-corrected chi connectivity index (χ1v) is 3.74. The van der Waals surface area contributed by atoms with Crippen LogP contribution in [-0.2, 0) is 4.79 Å². The molecule has 4 heteroatoms. The summed E-state index contributed by atoms with van der Waals surface area (Å²) in [6.07, 6.45) is 1.10. The van der Waals surface area contributed by atoms with Crippen molar-refractivity contribution in [2.45, 2.75) is 31.3 Å². The third kappa shape index (κ3) is 0.751. The fourth-order valence-corrected chi connectivity index (χ4v) is 2.06. The van der Waals surface area contributed by atoms with Crippen LogP contribution in [0.15, 0.2) is 0 Å². The number of hydrogen-bond acceptors (Lipinski definition) is 2. The van der Waals surface area contributed by atoms with Crippen LogP contribution in [0.1, 0.15) is 19.3 Å². The van der Waals surface area contributed by atoms with Crippen molar-refractivity contribution in [3.63, 3.8) is 0 Å². The van der Waals surface area contributed by atoms with Gasteiger partial charge in [-0.05, 0) is 12.8 Å². The minimum absolute atomic E-state index is 0.00926. The van der Waals surface area contributed by atoms with Crippen LogP contribution in [0.2, 0.25) is 0 Å². The molecule has 2 bridgehead atoms. The van der Waals surface area contributed by atoms with Crippen LogP contribution < -0.4 is 0 Å². The lowest BCUT2D eigenvalue weighted by Gasteiger charge is -2.15. The van der Waals surface area contributed by atoms with Gasteiger partial charge in [0.05, 0.1) is 6.04 Å². The maximum absolute atomic E-state index is 11.0. The lowest BCUT2D eigenvalue weighted by molar-refractivity contribution is -0.120. The molecule has 4 nitrogen and oxygen atoms in total. The van der Waals surface area contributed by atoms with Gasteiger partial charge in [-0.3, -0.25) is 9.69 Å². The molecule has 1 amide bonds. The summed E-state index contributed by atoms with van der Waals surface area (Å²) in [6, 6.07) is -0.317. The lowest BCUT2D eigenvalue weighted by atomic mass is 10.00.